The van der Waals surface area contributed by atoms with Crippen LogP contribution < -0.4 is 14.8 Å². The molecule has 1 N–H and O–H groups in total. The van der Waals surface area contributed by atoms with Crippen molar-refractivity contribution >= 4 is 11.9 Å². The van der Waals surface area contributed by atoms with Crippen molar-refractivity contribution in [3.8, 4) is 11.5 Å². The zero-order chi connectivity index (χ0) is 25.4. The molecule has 2 aromatic heterocycles. The maximum atomic E-state index is 12.3. The number of nitrogens with one attached hydrogen (secondary N) is 1. The first kappa shape index (κ1) is 25.4. The topological polar surface area (TPSA) is 99.6 Å². The van der Waals surface area contributed by atoms with Crippen LogP contribution >= 0.6 is 0 Å². The molecule has 184 valence electrons. The van der Waals surface area contributed by atoms with Gasteiger partial charge in [0.2, 0.25) is 0 Å². The lowest BCUT2D eigenvalue weighted by Crippen LogP contribution is -2.33. The fourth-order valence-electron chi connectivity index (χ4n) is 3.01. The summed E-state index contributed by atoms with van der Waals surface area (Å²) in [6.07, 6.45) is -1.16. The molecule has 3 aromatic rings. The summed E-state index contributed by atoms with van der Waals surface area (Å²) in [5.41, 5.74) is 1.22. The SMILES string of the molecule is COC(=O)c1ccc(C(=O)NC2CCOc3cccnc32)nc1.Fc1cccc(OC(F)(F)F)c1. The Labute approximate surface area is 196 Å². The number of fused-ring (bicyclic) bond motifs is 1. The number of alkyl halides is 3. The molecule has 3 heterocycles. The number of pyridine rings is 2. The van der Waals surface area contributed by atoms with Gasteiger partial charge in [0, 0.05) is 24.9 Å². The van der Waals surface area contributed by atoms with E-state index in [1.807, 2.05) is 6.07 Å². The first-order chi connectivity index (χ1) is 16.7. The molecule has 1 aliphatic heterocycles. The largest absolute Gasteiger partial charge is 0.573 e. The van der Waals surface area contributed by atoms with Gasteiger partial charge in [-0.3, -0.25) is 14.8 Å². The van der Waals surface area contributed by atoms with E-state index in [2.05, 4.69) is 24.8 Å². The molecule has 0 fully saturated rings. The molecule has 1 aromatic carbocycles. The van der Waals surface area contributed by atoms with Crippen LogP contribution in [0.4, 0.5) is 17.6 Å². The lowest BCUT2D eigenvalue weighted by atomic mass is 10.1. The fourth-order valence-corrected chi connectivity index (χ4v) is 3.01. The minimum Gasteiger partial charge on any atom is -0.491 e. The molecule has 0 radical (unpaired) electrons. The number of carbonyl (C=O) groups is 2. The molecule has 12 heteroatoms. The smallest absolute Gasteiger partial charge is 0.491 e. The van der Waals surface area contributed by atoms with Crippen molar-refractivity contribution in [1.29, 1.82) is 0 Å². The predicted molar refractivity (Wildman–Crippen MR) is 113 cm³/mol. The van der Waals surface area contributed by atoms with Crippen LogP contribution in [0.15, 0.2) is 60.9 Å². The van der Waals surface area contributed by atoms with Crippen LogP contribution in [0, 0.1) is 5.82 Å². The Kier molecular flexibility index (Phi) is 8.18. The van der Waals surface area contributed by atoms with E-state index in [0.29, 0.717) is 36.1 Å². The van der Waals surface area contributed by atoms with Gasteiger partial charge >= 0.3 is 12.3 Å². The Morgan fingerprint density at radius 3 is 2.57 bits per heavy atom. The average Bonchev–Trinajstić information content (AvgIpc) is 2.83. The first-order valence-corrected chi connectivity index (χ1v) is 10.1. The quantitative estimate of drug-likeness (QED) is 0.429. The molecule has 0 saturated heterocycles. The van der Waals surface area contributed by atoms with Crippen molar-refractivity contribution in [2.24, 2.45) is 0 Å². The van der Waals surface area contributed by atoms with Gasteiger partial charge in [-0.05, 0) is 36.4 Å². The van der Waals surface area contributed by atoms with Crippen molar-refractivity contribution in [1.82, 2.24) is 15.3 Å². The monoisotopic (exact) mass is 493 g/mol. The third kappa shape index (κ3) is 7.39. The number of rotatable bonds is 4. The van der Waals surface area contributed by atoms with Gasteiger partial charge in [0.1, 0.15) is 28.7 Å². The predicted octanol–water partition coefficient (Wildman–Crippen LogP) is 4.24. The molecule has 0 aliphatic carbocycles. The molecular formula is C23H19F4N3O5. The third-order valence-electron chi connectivity index (χ3n) is 4.55. The van der Waals surface area contributed by atoms with E-state index in [0.717, 1.165) is 18.2 Å². The third-order valence-corrected chi connectivity index (χ3v) is 4.55. The summed E-state index contributed by atoms with van der Waals surface area (Å²) in [6.45, 7) is 0.512. The number of ether oxygens (including phenoxy) is 3. The molecule has 1 aliphatic rings. The number of benzene rings is 1. The molecule has 0 saturated carbocycles. The Hall–Kier alpha value is -4.22. The summed E-state index contributed by atoms with van der Waals surface area (Å²) < 4.78 is 60.4. The first-order valence-electron chi connectivity index (χ1n) is 10.1. The number of halogens is 4. The van der Waals surface area contributed by atoms with Gasteiger partial charge in [0.15, 0.2) is 0 Å². The maximum absolute atomic E-state index is 12.3. The van der Waals surface area contributed by atoms with Gasteiger partial charge < -0.3 is 19.5 Å². The minimum absolute atomic E-state index is 0.224. The number of nitrogens with zero attached hydrogens (tertiary/aromatic N) is 2. The Morgan fingerprint density at radius 1 is 1.11 bits per heavy atom. The number of hydrogen-bond acceptors (Lipinski definition) is 7. The number of esters is 1. The summed E-state index contributed by atoms with van der Waals surface area (Å²) >= 11 is 0. The highest BCUT2D eigenvalue weighted by atomic mass is 19.4. The Morgan fingerprint density at radius 2 is 1.91 bits per heavy atom. The zero-order valence-corrected chi connectivity index (χ0v) is 18.2. The molecule has 0 spiro atoms. The van der Waals surface area contributed by atoms with Crippen molar-refractivity contribution in [3.63, 3.8) is 0 Å². The van der Waals surface area contributed by atoms with Gasteiger partial charge in [-0.15, -0.1) is 13.2 Å². The molecule has 1 amide bonds. The number of hydrogen-bond donors (Lipinski definition) is 1. The minimum atomic E-state index is -4.77. The number of methoxy groups -OCH3 is 1. The van der Waals surface area contributed by atoms with Crippen LogP contribution in [0.3, 0.4) is 0 Å². The summed E-state index contributed by atoms with van der Waals surface area (Å²) in [6, 6.07) is 10.2. The summed E-state index contributed by atoms with van der Waals surface area (Å²) in [4.78, 5) is 32.0. The lowest BCUT2D eigenvalue weighted by molar-refractivity contribution is -0.274. The fraction of sp³-hybridized carbons (Fsp3) is 0.217. The second-order valence-electron chi connectivity index (χ2n) is 6.98. The van der Waals surface area contributed by atoms with Crippen LogP contribution in [-0.4, -0.2) is 41.9 Å². The molecule has 35 heavy (non-hydrogen) atoms. The number of aromatic nitrogens is 2. The average molecular weight is 493 g/mol. The van der Waals surface area contributed by atoms with E-state index in [1.54, 1.807) is 12.3 Å². The second kappa shape index (κ2) is 11.3. The molecule has 0 bridgehead atoms. The molecule has 1 atom stereocenters. The highest BCUT2D eigenvalue weighted by Crippen LogP contribution is 2.29. The van der Waals surface area contributed by atoms with Gasteiger partial charge in [-0.1, -0.05) is 6.07 Å². The highest BCUT2D eigenvalue weighted by molar-refractivity contribution is 5.94. The lowest BCUT2D eigenvalue weighted by Gasteiger charge is -2.25. The maximum Gasteiger partial charge on any atom is 0.573 e. The summed E-state index contributed by atoms with van der Waals surface area (Å²) in [7, 11) is 1.29. The van der Waals surface area contributed by atoms with E-state index in [4.69, 9.17) is 4.74 Å². The van der Waals surface area contributed by atoms with E-state index in [-0.39, 0.29) is 17.6 Å². The molecule has 8 nitrogen and oxygen atoms in total. The van der Waals surface area contributed by atoms with Crippen LogP contribution in [0.5, 0.6) is 11.5 Å². The van der Waals surface area contributed by atoms with Gasteiger partial charge in [0.05, 0.1) is 25.3 Å². The Bertz CT molecular complexity index is 1170. The van der Waals surface area contributed by atoms with E-state index in [9.17, 15) is 27.2 Å². The number of amides is 1. The van der Waals surface area contributed by atoms with Gasteiger partial charge in [-0.25, -0.2) is 9.18 Å². The standard InChI is InChI=1S/C16H15N3O4.C7H4F4O/c1-22-16(21)10-4-5-12(18-9-10)15(20)19-11-6-8-23-13-3-2-7-17-14(11)13;8-5-2-1-3-6(4-5)12-7(9,10)11/h2-5,7,9,11H,6,8H2,1H3,(H,19,20);1-4H. The normalized spacial score (nSPS) is 14.4. The highest BCUT2D eigenvalue weighted by Gasteiger charge is 2.31. The molecule has 1 unspecified atom stereocenters. The van der Waals surface area contributed by atoms with Crippen LogP contribution in [-0.2, 0) is 4.74 Å². The van der Waals surface area contributed by atoms with Crippen LogP contribution in [0.1, 0.15) is 39.0 Å². The van der Waals surface area contributed by atoms with Gasteiger partial charge in [-0.2, -0.15) is 0 Å². The van der Waals surface area contributed by atoms with E-state index in [1.165, 1.54) is 25.4 Å². The van der Waals surface area contributed by atoms with Crippen molar-refractivity contribution in [2.75, 3.05) is 13.7 Å². The van der Waals surface area contributed by atoms with E-state index < -0.39 is 23.9 Å². The van der Waals surface area contributed by atoms with Crippen molar-refractivity contribution in [2.45, 2.75) is 18.8 Å². The van der Waals surface area contributed by atoms with E-state index >= 15 is 0 Å². The molecule has 4 rings (SSSR count). The second-order valence-corrected chi connectivity index (χ2v) is 6.98. The number of carbonyl (C=O) groups excluding carboxylic acids is 2. The van der Waals surface area contributed by atoms with Crippen molar-refractivity contribution < 1.29 is 41.4 Å². The van der Waals surface area contributed by atoms with Crippen LogP contribution in [0.2, 0.25) is 0 Å². The summed E-state index contributed by atoms with van der Waals surface area (Å²) in [5, 5.41) is 2.89. The Balaban J connectivity index is 0.000000241. The zero-order valence-electron chi connectivity index (χ0n) is 18.2. The van der Waals surface area contributed by atoms with Gasteiger partial charge in [0.25, 0.3) is 5.91 Å². The van der Waals surface area contributed by atoms with Crippen LogP contribution in [0.25, 0.3) is 0 Å². The molecular weight excluding hydrogens is 474 g/mol. The van der Waals surface area contributed by atoms with Crippen molar-refractivity contribution in [3.05, 3.63) is 83.7 Å². The summed E-state index contributed by atoms with van der Waals surface area (Å²) in [5.74, 6) is -1.46.